The summed E-state index contributed by atoms with van der Waals surface area (Å²) in [5.74, 6) is -0.902. The lowest BCUT2D eigenvalue weighted by molar-refractivity contribution is 0.0697. The Morgan fingerprint density at radius 3 is 2.59 bits per heavy atom. The maximum absolute atomic E-state index is 11.0. The zero-order valence-corrected chi connectivity index (χ0v) is 10.9. The monoisotopic (exact) mass is 290 g/mol. The van der Waals surface area contributed by atoms with E-state index in [4.69, 9.17) is 5.11 Å². The van der Waals surface area contributed by atoms with E-state index < -0.39 is 5.97 Å². The number of halogens is 1. The van der Waals surface area contributed by atoms with Crippen molar-refractivity contribution in [2.75, 3.05) is 0 Å². The Balaban J connectivity index is 2.58. The fourth-order valence-corrected chi connectivity index (χ4v) is 2.12. The average Bonchev–Trinajstić information content (AvgIpc) is 2.29. The molecule has 0 fully saturated rings. The molecule has 2 aromatic rings. The molecule has 0 aromatic heterocycles. The Bertz CT molecular complexity index is 576. The van der Waals surface area contributed by atoms with Crippen LogP contribution in [0.4, 0.5) is 0 Å². The molecule has 0 atom stereocenters. The smallest absolute Gasteiger partial charge is 0.335 e. The molecule has 2 aromatic carbocycles. The van der Waals surface area contributed by atoms with E-state index in [-0.39, 0.29) is 0 Å². The van der Waals surface area contributed by atoms with Gasteiger partial charge in [-0.05, 0) is 47.9 Å². The van der Waals surface area contributed by atoms with E-state index in [1.54, 1.807) is 12.1 Å². The molecular formula is C14H11BrO2. The van der Waals surface area contributed by atoms with Crippen LogP contribution in [0.2, 0.25) is 0 Å². The van der Waals surface area contributed by atoms with E-state index in [1.807, 2.05) is 37.3 Å². The van der Waals surface area contributed by atoms with Gasteiger partial charge in [0, 0.05) is 4.47 Å². The van der Waals surface area contributed by atoms with E-state index in [1.165, 1.54) is 0 Å². The predicted molar refractivity (Wildman–Crippen MR) is 71.3 cm³/mol. The summed E-state index contributed by atoms with van der Waals surface area (Å²) in [6.45, 7) is 1.97. The first-order valence-corrected chi connectivity index (χ1v) is 5.97. The van der Waals surface area contributed by atoms with Crippen LogP contribution >= 0.6 is 15.9 Å². The molecule has 0 aliphatic heterocycles. The van der Waals surface area contributed by atoms with Crippen LogP contribution in [0.1, 0.15) is 15.9 Å². The van der Waals surface area contributed by atoms with Crippen molar-refractivity contribution in [1.29, 1.82) is 0 Å². The van der Waals surface area contributed by atoms with Crippen LogP contribution in [0.15, 0.2) is 46.9 Å². The van der Waals surface area contributed by atoms with Crippen molar-refractivity contribution in [2.24, 2.45) is 0 Å². The summed E-state index contributed by atoms with van der Waals surface area (Å²) in [6.07, 6.45) is 0. The summed E-state index contributed by atoms with van der Waals surface area (Å²) in [5.41, 5.74) is 3.34. The highest BCUT2D eigenvalue weighted by atomic mass is 79.9. The lowest BCUT2D eigenvalue weighted by Gasteiger charge is -2.07. The number of carbonyl (C=O) groups is 1. The Morgan fingerprint density at radius 1 is 1.18 bits per heavy atom. The predicted octanol–water partition coefficient (Wildman–Crippen LogP) is 4.12. The number of carboxylic acid groups (broad SMARTS) is 1. The minimum Gasteiger partial charge on any atom is -0.478 e. The topological polar surface area (TPSA) is 37.3 Å². The third-order valence-corrected chi connectivity index (χ3v) is 3.11. The van der Waals surface area contributed by atoms with Crippen LogP contribution < -0.4 is 0 Å². The molecule has 0 saturated carbocycles. The first-order chi connectivity index (χ1) is 8.08. The Hall–Kier alpha value is -1.61. The Morgan fingerprint density at radius 2 is 1.94 bits per heavy atom. The first kappa shape index (κ1) is 11.9. The highest BCUT2D eigenvalue weighted by molar-refractivity contribution is 9.10. The molecule has 2 nitrogen and oxygen atoms in total. The van der Waals surface area contributed by atoms with Gasteiger partial charge in [-0.1, -0.05) is 34.1 Å². The summed E-state index contributed by atoms with van der Waals surface area (Å²) in [7, 11) is 0. The number of carboxylic acids is 1. The van der Waals surface area contributed by atoms with Gasteiger partial charge in [-0.25, -0.2) is 4.79 Å². The van der Waals surface area contributed by atoms with Crippen LogP contribution in [-0.2, 0) is 0 Å². The lowest BCUT2D eigenvalue weighted by Crippen LogP contribution is -1.97. The number of aryl methyl sites for hydroxylation is 1. The van der Waals surface area contributed by atoms with Crippen molar-refractivity contribution in [3.05, 3.63) is 58.1 Å². The van der Waals surface area contributed by atoms with Crippen molar-refractivity contribution in [1.82, 2.24) is 0 Å². The van der Waals surface area contributed by atoms with Gasteiger partial charge in [0.25, 0.3) is 0 Å². The number of hydrogen-bond acceptors (Lipinski definition) is 1. The molecule has 17 heavy (non-hydrogen) atoms. The lowest BCUT2D eigenvalue weighted by atomic mass is 9.98. The number of benzene rings is 2. The van der Waals surface area contributed by atoms with Gasteiger partial charge < -0.3 is 5.11 Å². The van der Waals surface area contributed by atoms with Gasteiger partial charge in [0.05, 0.1) is 5.56 Å². The van der Waals surface area contributed by atoms with Gasteiger partial charge >= 0.3 is 5.97 Å². The summed E-state index contributed by atoms with van der Waals surface area (Å²) < 4.78 is 0.982. The van der Waals surface area contributed by atoms with Crippen molar-refractivity contribution >= 4 is 21.9 Å². The minimum atomic E-state index is -0.902. The minimum absolute atomic E-state index is 0.311. The number of aromatic carboxylic acids is 1. The molecule has 0 saturated heterocycles. The van der Waals surface area contributed by atoms with Crippen molar-refractivity contribution in [3.63, 3.8) is 0 Å². The molecular weight excluding hydrogens is 280 g/mol. The molecule has 2 rings (SSSR count). The second kappa shape index (κ2) is 4.72. The highest BCUT2D eigenvalue weighted by Gasteiger charge is 2.07. The van der Waals surface area contributed by atoms with Crippen LogP contribution in [0.3, 0.4) is 0 Å². The van der Waals surface area contributed by atoms with Crippen LogP contribution in [0.5, 0.6) is 0 Å². The van der Waals surface area contributed by atoms with Crippen molar-refractivity contribution in [2.45, 2.75) is 6.92 Å². The molecule has 0 radical (unpaired) electrons. The van der Waals surface area contributed by atoms with Crippen LogP contribution in [0, 0.1) is 6.92 Å². The number of hydrogen-bond donors (Lipinski definition) is 1. The summed E-state index contributed by atoms with van der Waals surface area (Å²) in [5, 5.41) is 8.99. The average molecular weight is 291 g/mol. The van der Waals surface area contributed by atoms with E-state index in [9.17, 15) is 4.79 Å². The largest absolute Gasteiger partial charge is 0.478 e. The fraction of sp³-hybridized carbons (Fsp3) is 0.0714. The first-order valence-electron chi connectivity index (χ1n) is 5.18. The molecule has 0 spiro atoms. The fourth-order valence-electron chi connectivity index (χ4n) is 1.72. The van der Waals surface area contributed by atoms with E-state index >= 15 is 0 Å². The van der Waals surface area contributed by atoms with E-state index in [2.05, 4.69) is 15.9 Å². The third kappa shape index (κ3) is 2.56. The van der Waals surface area contributed by atoms with Crippen molar-refractivity contribution < 1.29 is 9.90 Å². The molecule has 0 amide bonds. The Kier molecular flexibility index (Phi) is 3.29. The zero-order chi connectivity index (χ0) is 12.4. The molecule has 86 valence electrons. The van der Waals surface area contributed by atoms with Gasteiger partial charge in [-0.3, -0.25) is 0 Å². The molecule has 1 N–H and O–H groups in total. The third-order valence-electron chi connectivity index (χ3n) is 2.62. The zero-order valence-electron chi connectivity index (χ0n) is 9.27. The van der Waals surface area contributed by atoms with Crippen molar-refractivity contribution in [3.8, 4) is 11.1 Å². The molecule has 0 bridgehead atoms. The molecule has 0 unspecified atom stereocenters. The molecule has 3 heteroatoms. The molecule has 0 heterocycles. The normalized spacial score (nSPS) is 10.2. The maximum atomic E-state index is 11.0. The van der Waals surface area contributed by atoms with Crippen LogP contribution in [-0.4, -0.2) is 11.1 Å². The standard InChI is InChI=1S/C14H11BrO2/c1-9-5-6-11(14(16)17)8-13(9)10-3-2-4-12(15)7-10/h2-8H,1H3,(H,16,17). The van der Waals surface area contributed by atoms with Gasteiger partial charge in [0.1, 0.15) is 0 Å². The second-order valence-corrected chi connectivity index (χ2v) is 4.76. The maximum Gasteiger partial charge on any atom is 0.335 e. The highest BCUT2D eigenvalue weighted by Crippen LogP contribution is 2.27. The van der Waals surface area contributed by atoms with Gasteiger partial charge in [-0.15, -0.1) is 0 Å². The second-order valence-electron chi connectivity index (χ2n) is 3.85. The summed E-state index contributed by atoms with van der Waals surface area (Å²) in [6, 6.07) is 13.0. The van der Waals surface area contributed by atoms with Gasteiger partial charge in [-0.2, -0.15) is 0 Å². The molecule has 0 aliphatic carbocycles. The van der Waals surface area contributed by atoms with Gasteiger partial charge in [0.2, 0.25) is 0 Å². The van der Waals surface area contributed by atoms with Gasteiger partial charge in [0.15, 0.2) is 0 Å². The number of rotatable bonds is 2. The van der Waals surface area contributed by atoms with E-state index in [0.29, 0.717) is 5.56 Å². The SMILES string of the molecule is Cc1ccc(C(=O)O)cc1-c1cccc(Br)c1. The Labute approximate surface area is 108 Å². The molecule has 0 aliphatic rings. The van der Waals surface area contributed by atoms with E-state index in [0.717, 1.165) is 21.2 Å². The van der Waals surface area contributed by atoms with Crippen LogP contribution in [0.25, 0.3) is 11.1 Å². The summed E-state index contributed by atoms with van der Waals surface area (Å²) in [4.78, 5) is 11.0. The quantitative estimate of drug-likeness (QED) is 0.903. The summed E-state index contributed by atoms with van der Waals surface area (Å²) >= 11 is 3.42.